The molecule has 0 amide bonds. The van der Waals surface area contributed by atoms with E-state index in [1.807, 2.05) is 37.3 Å². The van der Waals surface area contributed by atoms with Gasteiger partial charge in [0.25, 0.3) is 0 Å². The Hall–Kier alpha value is -3.19. The average Bonchev–Trinajstić information content (AvgIpc) is 3.04. The lowest BCUT2D eigenvalue weighted by atomic mass is 10.1. The predicted molar refractivity (Wildman–Crippen MR) is 91.2 cm³/mol. The summed E-state index contributed by atoms with van der Waals surface area (Å²) in [4.78, 5) is 21.6. The molecule has 0 radical (unpaired) electrons. The van der Waals surface area contributed by atoms with Crippen LogP contribution >= 0.6 is 0 Å². The van der Waals surface area contributed by atoms with Crippen LogP contribution in [-0.2, 0) is 21.0 Å². The molecule has 0 aliphatic heterocycles. The van der Waals surface area contributed by atoms with E-state index >= 15 is 0 Å². The molecular formula is C18H17N3O4. The van der Waals surface area contributed by atoms with E-state index in [2.05, 4.69) is 21.7 Å². The van der Waals surface area contributed by atoms with Gasteiger partial charge in [0.1, 0.15) is 22.5 Å². The molecule has 7 heteroatoms. The highest BCUT2D eigenvalue weighted by Gasteiger charge is 2.14. The number of fused-ring (bicyclic) bond motifs is 1. The minimum absolute atomic E-state index is 0.0598. The summed E-state index contributed by atoms with van der Waals surface area (Å²) >= 11 is 0. The first-order valence-electron chi connectivity index (χ1n) is 7.69. The number of benzene rings is 2. The van der Waals surface area contributed by atoms with Crippen molar-refractivity contribution in [2.24, 2.45) is 0 Å². The van der Waals surface area contributed by atoms with Crippen LogP contribution in [0, 0.1) is 6.92 Å². The monoisotopic (exact) mass is 339 g/mol. The summed E-state index contributed by atoms with van der Waals surface area (Å²) in [6, 6.07) is 11.1. The smallest absolute Gasteiger partial charge is 0.365 e. The van der Waals surface area contributed by atoms with Gasteiger partial charge >= 0.3 is 5.97 Å². The fourth-order valence-corrected chi connectivity index (χ4v) is 2.43. The molecule has 0 bridgehead atoms. The predicted octanol–water partition coefficient (Wildman–Crippen LogP) is 2.64. The number of phenols is 1. The van der Waals surface area contributed by atoms with E-state index in [0.717, 1.165) is 22.7 Å². The summed E-state index contributed by atoms with van der Waals surface area (Å²) in [6.45, 7) is 5.29. The third kappa shape index (κ3) is 3.67. The number of hydrogen-bond donors (Lipinski definition) is 1. The van der Waals surface area contributed by atoms with Crippen molar-refractivity contribution < 1.29 is 19.7 Å². The highest BCUT2D eigenvalue weighted by Crippen LogP contribution is 2.28. The number of rotatable bonds is 6. The van der Waals surface area contributed by atoms with Crippen molar-refractivity contribution in [1.82, 2.24) is 15.0 Å². The van der Waals surface area contributed by atoms with Gasteiger partial charge in [-0.1, -0.05) is 24.8 Å². The quantitative estimate of drug-likeness (QED) is 0.321. The summed E-state index contributed by atoms with van der Waals surface area (Å²) in [7, 11) is 0. The summed E-state index contributed by atoms with van der Waals surface area (Å²) in [5.74, 6) is -0.605. The molecule has 1 heterocycles. The van der Waals surface area contributed by atoms with Gasteiger partial charge in [-0.05, 0) is 36.2 Å². The normalized spacial score (nSPS) is 10.8. The van der Waals surface area contributed by atoms with Crippen LogP contribution in [-0.4, -0.2) is 32.7 Å². The zero-order valence-corrected chi connectivity index (χ0v) is 13.7. The maximum absolute atomic E-state index is 10.9. The molecule has 1 aromatic heterocycles. The van der Waals surface area contributed by atoms with Crippen molar-refractivity contribution in [3.63, 3.8) is 0 Å². The van der Waals surface area contributed by atoms with Crippen LogP contribution < -0.4 is 0 Å². The second-order valence-electron chi connectivity index (χ2n) is 5.45. The summed E-state index contributed by atoms with van der Waals surface area (Å²) < 4.78 is 0. The van der Waals surface area contributed by atoms with Gasteiger partial charge in [-0.3, -0.25) is 4.89 Å². The standard InChI is InChI=1S/C18H17N3O4/c1-3-17(22)25-24-9-8-13-10-12(2)11-16(18(13)23)21-19-14-6-4-5-7-15(14)20-21/h3-7,10-11,23H,1,8-9H2,2H3. The number of carbonyl (C=O) groups excluding carboxylic acids is 1. The third-order valence-electron chi connectivity index (χ3n) is 3.58. The van der Waals surface area contributed by atoms with Crippen molar-refractivity contribution in [1.29, 1.82) is 0 Å². The number of nitrogens with zero attached hydrogens (tertiary/aromatic N) is 3. The van der Waals surface area contributed by atoms with Crippen LogP contribution in [0.15, 0.2) is 49.1 Å². The molecule has 25 heavy (non-hydrogen) atoms. The number of aromatic nitrogens is 3. The molecule has 0 fully saturated rings. The largest absolute Gasteiger partial charge is 0.505 e. The zero-order chi connectivity index (χ0) is 17.8. The van der Waals surface area contributed by atoms with Gasteiger partial charge in [0.05, 0.1) is 6.61 Å². The molecule has 128 valence electrons. The van der Waals surface area contributed by atoms with Crippen LogP contribution in [0.4, 0.5) is 0 Å². The molecule has 2 aromatic carbocycles. The molecule has 3 aromatic rings. The van der Waals surface area contributed by atoms with Crippen LogP contribution in [0.25, 0.3) is 16.7 Å². The number of carbonyl (C=O) groups is 1. The molecule has 0 atom stereocenters. The number of hydrogen-bond acceptors (Lipinski definition) is 6. The van der Waals surface area contributed by atoms with E-state index in [-0.39, 0.29) is 12.4 Å². The Morgan fingerprint density at radius 1 is 1.28 bits per heavy atom. The fourth-order valence-electron chi connectivity index (χ4n) is 2.43. The minimum atomic E-state index is -0.665. The molecule has 0 aliphatic carbocycles. The third-order valence-corrected chi connectivity index (χ3v) is 3.58. The highest BCUT2D eigenvalue weighted by molar-refractivity contribution is 5.80. The number of aryl methyl sites for hydroxylation is 1. The van der Waals surface area contributed by atoms with Gasteiger partial charge in [0.15, 0.2) is 0 Å². The number of phenolic OH excluding ortho intramolecular Hbond substituents is 1. The first kappa shape index (κ1) is 16.7. The van der Waals surface area contributed by atoms with Crippen molar-refractivity contribution in [2.75, 3.05) is 6.61 Å². The SMILES string of the molecule is C=CC(=O)OOCCc1cc(C)cc(-n2nc3ccccc3n2)c1O. The van der Waals surface area contributed by atoms with Gasteiger partial charge in [-0.2, -0.15) is 4.89 Å². The van der Waals surface area contributed by atoms with Gasteiger partial charge < -0.3 is 5.11 Å². The zero-order valence-electron chi connectivity index (χ0n) is 13.7. The van der Waals surface area contributed by atoms with E-state index < -0.39 is 5.97 Å². The number of aromatic hydroxyl groups is 1. The molecule has 0 spiro atoms. The Morgan fingerprint density at radius 3 is 2.60 bits per heavy atom. The van der Waals surface area contributed by atoms with E-state index in [4.69, 9.17) is 4.89 Å². The van der Waals surface area contributed by atoms with Gasteiger partial charge in [-0.25, -0.2) is 4.79 Å². The van der Waals surface area contributed by atoms with Crippen molar-refractivity contribution in [3.8, 4) is 11.4 Å². The lowest BCUT2D eigenvalue weighted by Gasteiger charge is -2.10. The van der Waals surface area contributed by atoms with Crippen LogP contribution in [0.1, 0.15) is 11.1 Å². The molecule has 0 aliphatic rings. The lowest BCUT2D eigenvalue weighted by Crippen LogP contribution is -2.06. The Labute approximate surface area is 144 Å². The Morgan fingerprint density at radius 2 is 1.96 bits per heavy atom. The summed E-state index contributed by atoms with van der Waals surface area (Å²) in [5, 5.41) is 19.3. The highest BCUT2D eigenvalue weighted by atomic mass is 17.2. The Kier molecular flexibility index (Phi) is 4.76. The Balaban J connectivity index is 1.84. The van der Waals surface area contributed by atoms with E-state index in [0.29, 0.717) is 17.7 Å². The van der Waals surface area contributed by atoms with Crippen LogP contribution in [0.5, 0.6) is 5.75 Å². The Bertz CT molecular complexity index is 900. The molecular weight excluding hydrogens is 322 g/mol. The van der Waals surface area contributed by atoms with E-state index in [1.54, 1.807) is 6.07 Å². The van der Waals surface area contributed by atoms with Crippen LogP contribution in [0.2, 0.25) is 0 Å². The molecule has 0 saturated heterocycles. The second kappa shape index (κ2) is 7.14. The molecule has 1 N–H and O–H groups in total. The lowest BCUT2D eigenvalue weighted by molar-refractivity contribution is -0.266. The van der Waals surface area contributed by atoms with Gasteiger partial charge in [0, 0.05) is 12.5 Å². The molecule has 7 nitrogen and oxygen atoms in total. The average molecular weight is 339 g/mol. The minimum Gasteiger partial charge on any atom is -0.505 e. The molecule has 3 rings (SSSR count). The van der Waals surface area contributed by atoms with Crippen molar-refractivity contribution >= 4 is 17.0 Å². The van der Waals surface area contributed by atoms with Crippen molar-refractivity contribution in [3.05, 3.63) is 60.2 Å². The van der Waals surface area contributed by atoms with E-state index in [9.17, 15) is 9.90 Å². The summed E-state index contributed by atoms with van der Waals surface area (Å²) in [6.07, 6.45) is 1.36. The first-order chi connectivity index (χ1) is 12.1. The second-order valence-corrected chi connectivity index (χ2v) is 5.45. The molecule has 0 unspecified atom stereocenters. The topological polar surface area (TPSA) is 86.5 Å². The molecule has 0 saturated carbocycles. The van der Waals surface area contributed by atoms with Gasteiger partial charge in [-0.15, -0.1) is 15.0 Å². The fraction of sp³-hybridized carbons (Fsp3) is 0.167. The van der Waals surface area contributed by atoms with Gasteiger partial charge in [0.2, 0.25) is 0 Å². The maximum atomic E-state index is 10.9. The maximum Gasteiger partial charge on any atom is 0.365 e. The van der Waals surface area contributed by atoms with Crippen LogP contribution in [0.3, 0.4) is 0 Å². The first-order valence-corrected chi connectivity index (χ1v) is 7.69. The summed E-state index contributed by atoms with van der Waals surface area (Å²) in [5.41, 5.74) is 3.54. The van der Waals surface area contributed by atoms with E-state index in [1.165, 1.54) is 4.80 Å². The van der Waals surface area contributed by atoms with Crippen molar-refractivity contribution in [2.45, 2.75) is 13.3 Å².